The van der Waals surface area contributed by atoms with Crippen LogP contribution in [0.1, 0.15) is 6.92 Å². The molecule has 0 aliphatic rings. The molecule has 0 bridgehead atoms. The number of carbonyl (C=O) groups is 1. The van der Waals surface area contributed by atoms with Crippen LogP contribution in [0.15, 0.2) is 12.7 Å². The SMILES string of the molecule is C=CC(=O)OCCO[P+](=O)OC(C)COC. The average molecular weight is 251 g/mol. The Labute approximate surface area is 95.5 Å². The van der Waals surface area contributed by atoms with E-state index in [9.17, 15) is 9.36 Å². The highest BCUT2D eigenvalue weighted by Crippen LogP contribution is 2.25. The molecule has 0 aliphatic carbocycles. The van der Waals surface area contributed by atoms with E-state index >= 15 is 0 Å². The second-order valence-corrected chi connectivity index (χ2v) is 3.72. The molecule has 6 nitrogen and oxygen atoms in total. The topological polar surface area (TPSA) is 71.1 Å². The Kier molecular flexibility index (Phi) is 8.94. The van der Waals surface area contributed by atoms with Crippen molar-refractivity contribution >= 4 is 14.2 Å². The molecule has 0 spiro atoms. The van der Waals surface area contributed by atoms with E-state index in [1.165, 1.54) is 7.11 Å². The fourth-order valence-corrected chi connectivity index (χ4v) is 1.39. The number of rotatable bonds is 9. The molecule has 2 atom stereocenters. The molecule has 92 valence electrons. The van der Waals surface area contributed by atoms with Crippen LogP contribution in [0.4, 0.5) is 0 Å². The summed E-state index contributed by atoms with van der Waals surface area (Å²) in [7, 11) is -0.697. The Morgan fingerprint density at radius 3 is 2.75 bits per heavy atom. The van der Waals surface area contributed by atoms with Crippen LogP contribution < -0.4 is 0 Å². The number of hydrogen-bond acceptors (Lipinski definition) is 6. The van der Waals surface area contributed by atoms with Gasteiger partial charge in [0.25, 0.3) is 0 Å². The monoisotopic (exact) mass is 251 g/mol. The molecule has 0 saturated heterocycles. The fourth-order valence-electron chi connectivity index (χ4n) is 0.755. The van der Waals surface area contributed by atoms with Crippen molar-refractivity contribution in [3.8, 4) is 0 Å². The number of methoxy groups -OCH3 is 1. The van der Waals surface area contributed by atoms with E-state index in [1.54, 1.807) is 6.92 Å². The smallest absolute Gasteiger partial charge is 0.460 e. The quantitative estimate of drug-likeness (QED) is 0.267. The highest BCUT2D eigenvalue weighted by atomic mass is 31.1. The molecule has 0 heterocycles. The summed E-state index contributed by atoms with van der Waals surface area (Å²) in [6, 6.07) is 0. The van der Waals surface area contributed by atoms with Crippen LogP contribution >= 0.6 is 8.25 Å². The summed E-state index contributed by atoms with van der Waals surface area (Å²) in [6.07, 6.45) is 0.723. The largest absolute Gasteiger partial charge is 0.697 e. The minimum atomic E-state index is -2.21. The van der Waals surface area contributed by atoms with E-state index in [0.717, 1.165) is 6.08 Å². The van der Waals surface area contributed by atoms with Crippen LogP contribution in [0.2, 0.25) is 0 Å². The average Bonchev–Trinajstić information content (AvgIpc) is 2.24. The Morgan fingerprint density at radius 1 is 1.50 bits per heavy atom. The van der Waals surface area contributed by atoms with Gasteiger partial charge in [-0.3, -0.25) is 0 Å². The Balaban J connectivity index is 3.50. The Bertz CT molecular complexity index is 242. The summed E-state index contributed by atoms with van der Waals surface area (Å²) in [5.74, 6) is -0.549. The first-order valence-corrected chi connectivity index (χ1v) is 5.74. The lowest BCUT2D eigenvalue weighted by Crippen LogP contribution is -2.12. The third kappa shape index (κ3) is 8.49. The van der Waals surface area contributed by atoms with Gasteiger partial charge in [0.2, 0.25) is 0 Å². The molecule has 0 rings (SSSR count). The van der Waals surface area contributed by atoms with Crippen LogP contribution in [0, 0.1) is 0 Å². The van der Waals surface area contributed by atoms with Gasteiger partial charge >= 0.3 is 14.2 Å². The van der Waals surface area contributed by atoms with Gasteiger partial charge in [0.15, 0.2) is 0 Å². The first-order valence-electron chi connectivity index (χ1n) is 4.65. The summed E-state index contributed by atoms with van der Waals surface area (Å²) < 4.78 is 30.2. The standard InChI is InChI=1S/C9H16O6P/c1-4-9(10)13-5-6-14-16(11)15-8(2)7-12-3/h4,8H,1,5-7H2,2-3H3/q+1. The zero-order valence-corrected chi connectivity index (χ0v) is 10.3. The lowest BCUT2D eigenvalue weighted by molar-refractivity contribution is -0.138. The van der Waals surface area contributed by atoms with Gasteiger partial charge in [0.1, 0.15) is 19.3 Å². The molecule has 0 aromatic heterocycles. The molecule has 0 N–H and O–H groups in total. The van der Waals surface area contributed by atoms with Gasteiger partial charge in [-0.25, -0.2) is 4.79 Å². The van der Waals surface area contributed by atoms with Crippen molar-refractivity contribution in [2.24, 2.45) is 0 Å². The van der Waals surface area contributed by atoms with Gasteiger partial charge in [-0.15, -0.1) is 9.05 Å². The second kappa shape index (κ2) is 9.42. The molecule has 0 aliphatic heterocycles. The molecule has 0 fully saturated rings. The van der Waals surface area contributed by atoms with E-state index < -0.39 is 14.2 Å². The first kappa shape index (κ1) is 15.2. The third-order valence-electron chi connectivity index (χ3n) is 1.36. The summed E-state index contributed by atoms with van der Waals surface area (Å²) in [5.41, 5.74) is 0. The van der Waals surface area contributed by atoms with Gasteiger partial charge < -0.3 is 9.47 Å². The molecule has 0 aromatic carbocycles. The third-order valence-corrected chi connectivity index (χ3v) is 2.28. The van der Waals surface area contributed by atoms with E-state index in [4.69, 9.17) is 13.8 Å². The maximum atomic E-state index is 11.1. The molecule has 7 heteroatoms. The zero-order chi connectivity index (χ0) is 12.4. The van der Waals surface area contributed by atoms with Crippen molar-refractivity contribution in [2.45, 2.75) is 13.0 Å². The van der Waals surface area contributed by atoms with Crippen molar-refractivity contribution in [3.05, 3.63) is 12.7 Å². The lowest BCUT2D eigenvalue weighted by Gasteiger charge is -2.01. The molecular weight excluding hydrogens is 235 g/mol. The highest BCUT2D eigenvalue weighted by molar-refractivity contribution is 7.33. The summed E-state index contributed by atoms with van der Waals surface area (Å²) in [5, 5.41) is 0. The van der Waals surface area contributed by atoms with Crippen LogP contribution in [0.3, 0.4) is 0 Å². The number of esters is 1. The molecule has 2 unspecified atom stereocenters. The maximum absolute atomic E-state index is 11.1. The summed E-state index contributed by atoms with van der Waals surface area (Å²) in [6.45, 7) is 5.27. The minimum absolute atomic E-state index is 0.00788. The first-order chi connectivity index (χ1) is 7.60. The Hall–Kier alpha value is -0.810. The van der Waals surface area contributed by atoms with E-state index in [0.29, 0.717) is 6.61 Å². The highest BCUT2D eigenvalue weighted by Gasteiger charge is 2.24. The predicted octanol–water partition coefficient (Wildman–Crippen LogP) is 1.44. The summed E-state index contributed by atoms with van der Waals surface area (Å²) in [4.78, 5) is 10.6. The molecule has 16 heavy (non-hydrogen) atoms. The number of carbonyl (C=O) groups excluding carboxylic acids is 1. The van der Waals surface area contributed by atoms with Gasteiger partial charge in [-0.2, -0.15) is 0 Å². The van der Waals surface area contributed by atoms with Gasteiger partial charge in [0.05, 0.1) is 6.61 Å². The van der Waals surface area contributed by atoms with Gasteiger partial charge in [0, 0.05) is 17.8 Å². The zero-order valence-electron chi connectivity index (χ0n) is 9.38. The second-order valence-electron chi connectivity index (χ2n) is 2.80. The predicted molar refractivity (Wildman–Crippen MR) is 57.1 cm³/mol. The van der Waals surface area contributed by atoms with Crippen LogP contribution in [0.25, 0.3) is 0 Å². The lowest BCUT2D eigenvalue weighted by atomic mass is 10.5. The Morgan fingerprint density at radius 2 is 2.19 bits per heavy atom. The molecule has 0 saturated carbocycles. The molecule has 0 aromatic rings. The van der Waals surface area contributed by atoms with Crippen molar-refractivity contribution in [3.63, 3.8) is 0 Å². The fraction of sp³-hybridized carbons (Fsp3) is 0.667. The minimum Gasteiger partial charge on any atom is -0.460 e. The van der Waals surface area contributed by atoms with E-state index in [-0.39, 0.29) is 19.3 Å². The number of hydrogen-bond donors (Lipinski definition) is 0. The summed E-state index contributed by atoms with van der Waals surface area (Å²) >= 11 is 0. The van der Waals surface area contributed by atoms with Crippen LogP contribution in [-0.4, -0.2) is 39.0 Å². The maximum Gasteiger partial charge on any atom is 0.697 e. The van der Waals surface area contributed by atoms with Crippen molar-refractivity contribution in [2.75, 3.05) is 26.9 Å². The van der Waals surface area contributed by atoms with Crippen molar-refractivity contribution in [1.82, 2.24) is 0 Å². The van der Waals surface area contributed by atoms with Gasteiger partial charge in [-0.05, 0) is 6.92 Å². The van der Waals surface area contributed by atoms with Crippen LogP contribution in [-0.2, 0) is 27.9 Å². The molecular formula is C9H16O6P+. The van der Waals surface area contributed by atoms with Crippen LogP contribution in [0.5, 0.6) is 0 Å². The van der Waals surface area contributed by atoms with Crippen molar-refractivity contribution < 1.29 is 27.9 Å². The normalized spacial score (nSPS) is 13.0. The van der Waals surface area contributed by atoms with Crippen molar-refractivity contribution in [1.29, 1.82) is 0 Å². The van der Waals surface area contributed by atoms with E-state index in [1.807, 2.05) is 0 Å². The number of ether oxygens (including phenoxy) is 2. The van der Waals surface area contributed by atoms with E-state index in [2.05, 4.69) is 11.3 Å². The van der Waals surface area contributed by atoms with Gasteiger partial charge in [-0.1, -0.05) is 6.58 Å². The molecule has 0 amide bonds. The molecule has 0 radical (unpaired) electrons.